The van der Waals surface area contributed by atoms with E-state index >= 15 is 0 Å². The van der Waals surface area contributed by atoms with Gasteiger partial charge in [-0.2, -0.15) is 13.2 Å². The van der Waals surface area contributed by atoms with Crippen LogP contribution in [0, 0.1) is 0 Å². The maximum absolute atomic E-state index is 12.0. The van der Waals surface area contributed by atoms with E-state index in [-0.39, 0.29) is 11.4 Å². The van der Waals surface area contributed by atoms with Crippen LogP contribution in [0.25, 0.3) is 0 Å². The number of alkyl halides is 3. The molecule has 0 aliphatic heterocycles. The summed E-state index contributed by atoms with van der Waals surface area (Å²) in [5.41, 5.74) is -0.275. The summed E-state index contributed by atoms with van der Waals surface area (Å²) in [5, 5.41) is 1.55. The van der Waals surface area contributed by atoms with Gasteiger partial charge in [0, 0.05) is 22.4 Å². The Balaban J connectivity index is 3.12. The Morgan fingerprint density at radius 1 is 1.37 bits per heavy atom. The van der Waals surface area contributed by atoms with Crippen molar-refractivity contribution in [2.24, 2.45) is 0 Å². The molecule has 0 unspecified atom stereocenters. The number of rotatable bonds is 3. The van der Waals surface area contributed by atoms with Gasteiger partial charge in [-0.15, -0.1) is 0 Å². The first-order chi connectivity index (χ1) is 8.55. The van der Waals surface area contributed by atoms with E-state index in [1.54, 1.807) is 5.32 Å². The molecule has 0 fully saturated rings. The third-order valence-electron chi connectivity index (χ3n) is 1.94. The summed E-state index contributed by atoms with van der Waals surface area (Å²) in [4.78, 5) is 10.3. The third kappa shape index (κ3) is 4.00. The smallest absolute Gasteiger partial charge is 0.471 e. The number of amides is 1. The minimum Gasteiger partial charge on any atom is -0.495 e. The Kier molecular flexibility index (Phi) is 4.31. The SMILES string of the molecule is COc1cc(NC(=O)C(F)(F)F)ccc1S(=O)(=O)Cl. The van der Waals surface area contributed by atoms with E-state index in [4.69, 9.17) is 10.7 Å². The summed E-state index contributed by atoms with van der Waals surface area (Å²) < 4.78 is 63.0. The van der Waals surface area contributed by atoms with Crippen LogP contribution in [0.5, 0.6) is 5.75 Å². The second-order valence-electron chi connectivity index (χ2n) is 3.26. The fraction of sp³-hybridized carbons (Fsp3) is 0.222. The lowest BCUT2D eigenvalue weighted by Gasteiger charge is -2.11. The van der Waals surface area contributed by atoms with Crippen molar-refractivity contribution in [3.63, 3.8) is 0 Å². The number of carbonyl (C=O) groups is 1. The Labute approximate surface area is 110 Å². The van der Waals surface area contributed by atoms with E-state index < -0.39 is 26.0 Å². The van der Waals surface area contributed by atoms with Gasteiger partial charge in [-0.3, -0.25) is 4.79 Å². The highest BCUT2D eigenvalue weighted by Crippen LogP contribution is 2.30. The van der Waals surface area contributed by atoms with E-state index in [1.807, 2.05) is 0 Å². The van der Waals surface area contributed by atoms with Gasteiger partial charge < -0.3 is 10.1 Å². The monoisotopic (exact) mass is 317 g/mol. The fourth-order valence-corrected chi connectivity index (χ4v) is 2.14. The van der Waals surface area contributed by atoms with Crippen molar-refractivity contribution in [2.75, 3.05) is 12.4 Å². The Hall–Kier alpha value is -1.48. The maximum Gasteiger partial charge on any atom is 0.471 e. The summed E-state index contributed by atoms with van der Waals surface area (Å²) in [5.74, 6) is -2.47. The predicted octanol–water partition coefficient (Wildman–Crippen LogP) is 2.12. The maximum atomic E-state index is 12.0. The Morgan fingerprint density at radius 3 is 2.37 bits per heavy atom. The third-order valence-corrected chi connectivity index (χ3v) is 3.30. The van der Waals surface area contributed by atoms with Gasteiger partial charge in [0.05, 0.1) is 7.11 Å². The molecule has 106 valence electrons. The average molecular weight is 318 g/mol. The van der Waals surface area contributed by atoms with Crippen LogP contribution in [0.15, 0.2) is 23.1 Å². The van der Waals surface area contributed by atoms with Crippen LogP contribution in [0.4, 0.5) is 18.9 Å². The Morgan fingerprint density at radius 2 is 1.95 bits per heavy atom. The number of carbonyl (C=O) groups excluding carboxylic acids is 1. The normalized spacial score (nSPS) is 12.1. The first-order valence-electron chi connectivity index (χ1n) is 4.56. The molecule has 1 aromatic rings. The molecule has 0 aromatic heterocycles. The van der Waals surface area contributed by atoms with Crippen LogP contribution in [-0.2, 0) is 13.8 Å². The summed E-state index contributed by atoms with van der Waals surface area (Å²) in [6, 6.07) is 2.80. The van der Waals surface area contributed by atoms with Gasteiger partial charge in [0.2, 0.25) is 0 Å². The molecule has 0 saturated carbocycles. The van der Waals surface area contributed by atoms with Crippen molar-refractivity contribution in [2.45, 2.75) is 11.1 Å². The van der Waals surface area contributed by atoms with Crippen LogP contribution >= 0.6 is 10.7 Å². The predicted molar refractivity (Wildman–Crippen MR) is 60.7 cm³/mol. The molecule has 5 nitrogen and oxygen atoms in total. The highest BCUT2D eigenvalue weighted by atomic mass is 35.7. The van der Waals surface area contributed by atoms with E-state index in [1.165, 1.54) is 0 Å². The van der Waals surface area contributed by atoms with Crippen LogP contribution in [0.3, 0.4) is 0 Å². The molecule has 19 heavy (non-hydrogen) atoms. The zero-order chi connectivity index (χ0) is 14.8. The van der Waals surface area contributed by atoms with E-state index in [9.17, 15) is 26.4 Å². The second kappa shape index (κ2) is 5.25. The van der Waals surface area contributed by atoms with Gasteiger partial charge in [-0.05, 0) is 12.1 Å². The standard InChI is InChI=1S/C9H7ClF3NO4S/c1-18-6-4-5(14-8(15)9(11,12)13)2-3-7(6)19(10,16)17/h2-4H,1H3,(H,14,15). The summed E-state index contributed by atoms with van der Waals surface area (Å²) in [6.07, 6.45) is -5.05. The van der Waals surface area contributed by atoms with Gasteiger partial charge in [0.1, 0.15) is 10.6 Å². The molecule has 1 N–H and O–H groups in total. The van der Waals surface area contributed by atoms with Crippen LogP contribution < -0.4 is 10.1 Å². The minimum absolute atomic E-state index is 0.275. The zero-order valence-electron chi connectivity index (χ0n) is 9.29. The first kappa shape index (κ1) is 15.6. The highest BCUT2D eigenvalue weighted by Gasteiger charge is 2.38. The number of ether oxygens (including phenoxy) is 1. The van der Waals surface area contributed by atoms with E-state index in [2.05, 4.69) is 4.74 Å². The van der Waals surface area contributed by atoms with Gasteiger partial charge in [-0.25, -0.2) is 8.42 Å². The Bertz CT molecular complexity index is 600. The lowest BCUT2D eigenvalue weighted by atomic mass is 10.3. The number of nitrogens with one attached hydrogen (secondary N) is 1. The molecule has 1 rings (SSSR count). The molecule has 0 spiro atoms. The van der Waals surface area contributed by atoms with Crippen molar-refractivity contribution < 1.29 is 31.1 Å². The average Bonchev–Trinajstić information content (AvgIpc) is 2.26. The molecular weight excluding hydrogens is 311 g/mol. The molecule has 0 bridgehead atoms. The summed E-state index contributed by atoms with van der Waals surface area (Å²) in [7, 11) is 2.10. The van der Waals surface area contributed by atoms with Crippen LogP contribution in [0.1, 0.15) is 0 Å². The van der Waals surface area contributed by atoms with Gasteiger partial charge >= 0.3 is 12.1 Å². The quantitative estimate of drug-likeness (QED) is 0.867. The van der Waals surface area contributed by atoms with Crippen LogP contribution in [-0.4, -0.2) is 27.6 Å². The van der Waals surface area contributed by atoms with Crippen molar-refractivity contribution in [3.05, 3.63) is 18.2 Å². The lowest BCUT2D eigenvalue weighted by molar-refractivity contribution is -0.167. The second-order valence-corrected chi connectivity index (χ2v) is 5.79. The number of anilines is 1. The van der Waals surface area contributed by atoms with Gasteiger partial charge in [-0.1, -0.05) is 0 Å². The molecule has 0 aliphatic carbocycles. The number of hydrogen-bond acceptors (Lipinski definition) is 4. The fourth-order valence-electron chi connectivity index (χ4n) is 1.15. The van der Waals surface area contributed by atoms with Crippen LogP contribution in [0.2, 0.25) is 0 Å². The molecule has 0 saturated heterocycles. The van der Waals surface area contributed by atoms with Gasteiger partial charge in [0.25, 0.3) is 9.05 Å². The molecule has 0 aliphatic rings. The van der Waals surface area contributed by atoms with E-state index in [0.717, 1.165) is 25.3 Å². The molecule has 1 aromatic carbocycles. The van der Waals surface area contributed by atoms with Gasteiger partial charge in [0.15, 0.2) is 0 Å². The number of hydrogen-bond donors (Lipinski definition) is 1. The zero-order valence-corrected chi connectivity index (χ0v) is 10.9. The number of methoxy groups -OCH3 is 1. The molecule has 10 heteroatoms. The molecule has 0 atom stereocenters. The first-order valence-corrected chi connectivity index (χ1v) is 6.87. The minimum atomic E-state index is -5.05. The molecule has 1 amide bonds. The van der Waals surface area contributed by atoms with E-state index in [0.29, 0.717) is 0 Å². The lowest BCUT2D eigenvalue weighted by Crippen LogP contribution is -2.29. The van der Waals surface area contributed by atoms with Crippen molar-refractivity contribution in [3.8, 4) is 5.75 Å². The number of benzene rings is 1. The van der Waals surface area contributed by atoms with Crippen molar-refractivity contribution in [1.82, 2.24) is 0 Å². The summed E-state index contributed by atoms with van der Waals surface area (Å²) >= 11 is 0. The van der Waals surface area contributed by atoms with Crippen molar-refractivity contribution in [1.29, 1.82) is 0 Å². The van der Waals surface area contributed by atoms with Crippen molar-refractivity contribution >= 4 is 31.3 Å². The largest absolute Gasteiger partial charge is 0.495 e. The highest BCUT2D eigenvalue weighted by molar-refractivity contribution is 8.13. The topological polar surface area (TPSA) is 72.5 Å². The molecule has 0 heterocycles. The number of halogens is 4. The molecular formula is C9H7ClF3NO4S. The summed E-state index contributed by atoms with van der Waals surface area (Å²) in [6.45, 7) is 0. The molecule has 0 radical (unpaired) electrons.